The largest absolute Gasteiger partial charge is 0.393 e. The zero-order chi connectivity index (χ0) is 22.1. The highest BCUT2D eigenvalue weighted by atomic mass is 16.3. The summed E-state index contributed by atoms with van der Waals surface area (Å²) in [6, 6.07) is 0. The molecule has 0 aromatic heterocycles. The van der Waals surface area contributed by atoms with E-state index in [-0.39, 0.29) is 0 Å². The van der Waals surface area contributed by atoms with Crippen LogP contribution in [0.2, 0.25) is 0 Å². The Kier molecular flexibility index (Phi) is 7.51. The van der Waals surface area contributed by atoms with Gasteiger partial charge in [-0.3, -0.25) is 0 Å². The molecule has 0 radical (unpaired) electrons. The smallest absolute Gasteiger partial charge is 0.0811 e. The van der Waals surface area contributed by atoms with Crippen molar-refractivity contribution in [2.75, 3.05) is 0 Å². The normalized spacial score (nSPS) is 39.8. The molecule has 2 heteroatoms. The average Bonchev–Trinajstić information content (AvgIpc) is 3.04. The van der Waals surface area contributed by atoms with Gasteiger partial charge in [-0.2, -0.15) is 0 Å². The van der Waals surface area contributed by atoms with Crippen molar-refractivity contribution in [1.82, 2.24) is 0 Å². The lowest BCUT2D eigenvalue weighted by atomic mass is 9.61. The molecule has 3 rings (SSSR count). The van der Waals surface area contributed by atoms with Crippen LogP contribution < -0.4 is 0 Å². The first-order valence-electron chi connectivity index (χ1n) is 12.3. The monoisotopic (exact) mass is 412 g/mol. The number of aliphatic hydroxyl groups is 2. The van der Waals surface area contributed by atoms with Gasteiger partial charge in [-0.05, 0) is 84.7 Å². The van der Waals surface area contributed by atoms with Crippen LogP contribution >= 0.6 is 0 Å². The third-order valence-corrected chi connectivity index (χ3v) is 8.71. The molecular weight excluding hydrogens is 368 g/mol. The molecule has 0 spiro atoms. The molecular formula is C28H44O2. The standard InChI is InChI=1S/C28H44O2/c1-18(2)19(3)9-10-20(4)25-13-14-26-22(8-7-15-28(25,26)6)11-12-23-16-24(29)17-27(30)21(23)5/h9-12,18-20,24-27,29-30H,5,7-8,13-17H2,1-4,6H3/b10-9+,22-11-,23-12-/t19-,20+,24+,25+,26-,27-,28+/m0/s1. The van der Waals surface area contributed by atoms with Gasteiger partial charge in [0, 0.05) is 6.42 Å². The number of hydrogen-bond donors (Lipinski definition) is 2. The van der Waals surface area contributed by atoms with Gasteiger partial charge in [0.1, 0.15) is 0 Å². The van der Waals surface area contributed by atoms with Crippen molar-refractivity contribution in [3.05, 3.63) is 47.6 Å². The number of fused-ring (bicyclic) bond motifs is 1. The second-order valence-corrected chi connectivity index (χ2v) is 11.0. The van der Waals surface area contributed by atoms with Gasteiger partial charge >= 0.3 is 0 Å². The van der Waals surface area contributed by atoms with Gasteiger partial charge in [0.05, 0.1) is 12.2 Å². The first kappa shape index (κ1) is 23.5. The van der Waals surface area contributed by atoms with Crippen LogP contribution in [0.5, 0.6) is 0 Å². The molecule has 2 nitrogen and oxygen atoms in total. The van der Waals surface area contributed by atoms with Gasteiger partial charge in [-0.15, -0.1) is 0 Å². The molecule has 2 N–H and O–H groups in total. The van der Waals surface area contributed by atoms with Crippen molar-refractivity contribution in [3.63, 3.8) is 0 Å². The molecule has 3 fully saturated rings. The van der Waals surface area contributed by atoms with Crippen LogP contribution in [-0.4, -0.2) is 22.4 Å². The van der Waals surface area contributed by atoms with Crippen LogP contribution in [0.3, 0.4) is 0 Å². The fourth-order valence-electron chi connectivity index (χ4n) is 6.32. The number of allylic oxidation sites excluding steroid dienone is 5. The molecule has 0 aromatic rings. The Morgan fingerprint density at radius 3 is 2.50 bits per heavy atom. The minimum atomic E-state index is -0.605. The van der Waals surface area contributed by atoms with E-state index in [0.29, 0.717) is 41.9 Å². The maximum atomic E-state index is 10.1. The summed E-state index contributed by atoms with van der Waals surface area (Å²) in [4.78, 5) is 0. The molecule has 0 bridgehead atoms. The van der Waals surface area contributed by atoms with E-state index in [1.807, 2.05) is 0 Å². The summed E-state index contributed by atoms with van der Waals surface area (Å²) in [5.41, 5.74) is 3.77. The van der Waals surface area contributed by atoms with Crippen molar-refractivity contribution in [3.8, 4) is 0 Å². The Bertz CT molecular complexity index is 712. The van der Waals surface area contributed by atoms with Gasteiger partial charge in [0.2, 0.25) is 0 Å². The van der Waals surface area contributed by atoms with Crippen molar-refractivity contribution < 1.29 is 10.2 Å². The van der Waals surface area contributed by atoms with Gasteiger partial charge in [0.25, 0.3) is 0 Å². The second kappa shape index (κ2) is 9.57. The highest BCUT2D eigenvalue weighted by molar-refractivity contribution is 5.38. The fourth-order valence-corrected chi connectivity index (χ4v) is 6.32. The first-order valence-corrected chi connectivity index (χ1v) is 12.3. The van der Waals surface area contributed by atoms with Crippen molar-refractivity contribution in [2.24, 2.45) is 35.0 Å². The second-order valence-electron chi connectivity index (χ2n) is 11.0. The predicted molar refractivity (Wildman–Crippen MR) is 127 cm³/mol. The molecule has 0 unspecified atom stereocenters. The molecule has 0 aliphatic heterocycles. The summed E-state index contributed by atoms with van der Waals surface area (Å²) < 4.78 is 0. The van der Waals surface area contributed by atoms with Gasteiger partial charge < -0.3 is 10.2 Å². The molecule has 7 atom stereocenters. The number of hydrogen-bond acceptors (Lipinski definition) is 2. The Balaban J connectivity index is 1.76. The van der Waals surface area contributed by atoms with Crippen molar-refractivity contribution in [2.45, 2.75) is 91.8 Å². The van der Waals surface area contributed by atoms with E-state index in [4.69, 9.17) is 0 Å². The third kappa shape index (κ3) is 4.86. The molecule has 0 amide bonds. The van der Waals surface area contributed by atoms with E-state index >= 15 is 0 Å². The molecule has 0 heterocycles. The summed E-state index contributed by atoms with van der Waals surface area (Å²) in [7, 11) is 0. The molecule has 0 saturated heterocycles. The maximum absolute atomic E-state index is 10.1. The highest BCUT2D eigenvalue weighted by Crippen LogP contribution is 2.59. The summed E-state index contributed by atoms with van der Waals surface area (Å²) in [5.74, 6) is 3.38. The number of rotatable bonds is 5. The van der Waals surface area contributed by atoms with Crippen molar-refractivity contribution >= 4 is 0 Å². The maximum Gasteiger partial charge on any atom is 0.0811 e. The van der Waals surface area contributed by atoms with Crippen LogP contribution in [0.4, 0.5) is 0 Å². The zero-order valence-electron chi connectivity index (χ0n) is 19.9. The van der Waals surface area contributed by atoms with E-state index in [0.717, 1.165) is 17.1 Å². The van der Waals surface area contributed by atoms with Crippen LogP contribution in [0.15, 0.2) is 47.6 Å². The molecule has 30 heavy (non-hydrogen) atoms. The molecule has 3 aliphatic carbocycles. The third-order valence-electron chi connectivity index (χ3n) is 8.71. The molecule has 0 aromatic carbocycles. The summed E-state index contributed by atoms with van der Waals surface area (Å²) in [6.45, 7) is 16.0. The van der Waals surface area contributed by atoms with Crippen molar-refractivity contribution in [1.29, 1.82) is 0 Å². The van der Waals surface area contributed by atoms with E-state index in [9.17, 15) is 10.2 Å². The van der Waals surface area contributed by atoms with Crippen LogP contribution in [0.25, 0.3) is 0 Å². The minimum Gasteiger partial charge on any atom is -0.393 e. The predicted octanol–water partition coefficient (Wildman–Crippen LogP) is 6.61. The lowest BCUT2D eigenvalue weighted by Gasteiger charge is -2.44. The molecule has 3 saturated carbocycles. The number of aliphatic hydroxyl groups excluding tert-OH is 2. The Labute approximate surface area is 184 Å². The molecule has 168 valence electrons. The van der Waals surface area contributed by atoms with E-state index in [1.54, 1.807) is 5.57 Å². The first-order chi connectivity index (χ1) is 14.1. The quantitative estimate of drug-likeness (QED) is 0.499. The van der Waals surface area contributed by atoms with Crippen LogP contribution in [0, 0.1) is 35.0 Å². The summed E-state index contributed by atoms with van der Waals surface area (Å²) in [5, 5.41) is 20.2. The van der Waals surface area contributed by atoms with E-state index < -0.39 is 12.2 Å². The highest BCUT2D eigenvalue weighted by Gasteiger charge is 2.50. The Morgan fingerprint density at radius 1 is 1.07 bits per heavy atom. The van der Waals surface area contributed by atoms with Crippen LogP contribution in [-0.2, 0) is 0 Å². The Hall–Kier alpha value is -1.12. The lowest BCUT2D eigenvalue weighted by molar-refractivity contribution is 0.0862. The zero-order valence-corrected chi connectivity index (χ0v) is 19.9. The topological polar surface area (TPSA) is 40.5 Å². The summed E-state index contributed by atoms with van der Waals surface area (Å²) in [6.07, 6.45) is 15.8. The minimum absolute atomic E-state index is 0.385. The fraction of sp³-hybridized carbons (Fsp3) is 0.714. The average molecular weight is 413 g/mol. The lowest BCUT2D eigenvalue weighted by Crippen LogP contribution is -2.35. The van der Waals surface area contributed by atoms with Crippen LogP contribution in [0.1, 0.15) is 79.6 Å². The van der Waals surface area contributed by atoms with Gasteiger partial charge in [-0.1, -0.05) is 71.1 Å². The van der Waals surface area contributed by atoms with Gasteiger partial charge in [0.15, 0.2) is 0 Å². The Morgan fingerprint density at radius 2 is 1.80 bits per heavy atom. The summed E-state index contributed by atoms with van der Waals surface area (Å²) >= 11 is 0. The van der Waals surface area contributed by atoms with Gasteiger partial charge in [-0.25, -0.2) is 0 Å². The molecule has 3 aliphatic rings. The van der Waals surface area contributed by atoms with E-state index in [1.165, 1.54) is 32.1 Å². The van der Waals surface area contributed by atoms with E-state index in [2.05, 4.69) is 65.5 Å². The SMILES string of the molecule is C=C1/C(=C\C=C2\CCC[C@]3(C)[C@@H]([C@H](C)/C=C/[C@H](C)C(C)C)CC[C@@H]23)C[C@@H](O)C[C@@H]1O.